The number of nitro groups is 1. The number of nitro benzene ring substituents is 1. The zero-order valence-electron chi connectivity index (χ0n) is 12.9. The van der Waals surface area contributed by atoms with E-state index in [0.717, 1.165) is 5.56 Å². The Morgan fingerprint density at radius 2 is 1.61 bits per heavy atom. The first-order chi connectivity index (χ1) is 10.8. The lowest BCUT2D eigenvalue weighted by Gasteiger charge is -2.26. The van der Waals surface area contributed by atoms with Gasteiger partial charge in [-0.15, -0.1) is 0 Å². The molecule has 0 aromatic heterocycles. The highest BCUT2D eigenvalue weighted by atomic mass is 32.2. The van der Waals surface area contributed by atoms with Gasteiger partial charge in [0, 0.05) is 24.7 Å². The average Bonchev–Trinajstić information content (AvgIpc) is 2.53. The molecule has 0 aliphatic rings. The summed E-state index contributed by atoms with van der Waals surface area (Å²) in [5, 5.41) is 10.7. The quantitative estimate of drug-likeness (QED) is 0.600. The van der Waals surface area contributed by atoms with E-state index < -0.39 is 14.9 Å². The Balaban J connectivity index is 2.35. The van der Waals surface area contributed by atoms with E-state index in [1.807, 2.05) is 30.3 Å². The Morgan fingerprint density at radius 3 is 2.09 bits per heavy atom. The Hall–Kier alpha value is -2.25. The van der Waals surface area contributed by atoms with Crippen molar-refractivity contribution in [2.24, 2.45) is 0 Å². The molecule has 0 heterocycles. The molecule has 0 saturated heterocycles. The number of nitrogens with zero attached hydrogens (tertiary/aromatic N) is 2. The molecule has 0 radical (unpaired) electrons. The number of non-ortho nitro benzene ring substituents is 1. The van der Waals surface area contributed by atoms with Crippen molar-refractivity contribution in [3.63, 3.8) is 0 Å². The highest BCUT2D eigenvalue weighted by molar-refractivity contribution is 7.89. The molecule has 2 aromatic rings. The predicted molar refractivity (Wildman–Crippen MR) is 87.4 cm³/mol. The Labute approximate surface area is 135 Å². The molecular formula is C16H18N2O4S. The molecule has 2 aromatic carbocycles. The third kappa shape index (κ3) is 3.94. The van der Waals surface area contributed by atoms with E-state index in [9.17, 15) is 18.5 Å². The van der Waals surface area contributed by atoms with E-state index in [0.29, 0.717) is 0 Å². The molecule has 6 nitrogen and oxygen atoms in total. The molecule has 0 spiro atoms. The average molecular weight is 334 g/mol. The fourth-order valence-corrected chi connectivity index (χ4v) is 3.81. The van der Waals surface area contributed by atoms with Crippen LogP contribution in [0.1, 0.15) is 19.4 Å². The molecular weight excluding hydrogens is 316 g/mol. The second-order valence-electron chi connectivity index (χ2n) is 5.38. The van der Waals surface area contributed by atoms with Gasteiger partial charge in [-0.2, -0.15) is 4.31 Å². The summed E-state index contributed by atoms with van der Waals surface area (Å²) in [7, 11) is -3.73. The van der Waals surface area contributed by atoms with Crippen LogP contribution in [-0.4, -0.2) is 23.7 Å². The molecule has 0 unspecified atom stereocenters. The van der Waals surface area contributed by atoms with Crippen LogP contribution in [0.2, 0.25) is 0 Å². The lowest BCUT2D eigenvalue weighted by atomic mass is 10.2. The van der Waals surface area contributed by atoms with Crippen LogP contribution in [0.3, 0.4) is 0 Å². The molecule has 0 N–H and O–H groups in total. The molecule has 2 rings (SSSR count). The van der Waals surface area contributed by atoms with E-state index in [2.05, 4.69) is 0 Å². The van der Waals surface area contributed by atoms with Gasteiger partial charge in [-0.25, -0.2) is 8.42 Å². The first kappa shape index (κ1) is 17.1. The summed E-state index contributed by atoms with van der Waals surface area (Å²) in [6.45, 7) is 3.84. The summed E-state index contributed by atoms with van der Waals surface area (Å²) in [5.74, 6) is 0. The van der Waals surface area contributed by atoms with E-state index in [1.54, 1.807) is 13.8 Å². The summed E-state index contributed by atoms with van der Waals surface area (Å²) >= 11 is 0. The Bertz CT molecular complexity index is 771. The number of hydrogen-bond acceptors (Lipinski definition) is 4. The molecule has 0 aliphatic heterocycles. The Kier molecular flexibility index (Phi) is 5.12. The zero-order chi connectivity index (χ0) is 17.0. The van der Waals surface area contributed by atoms with Crippen molar-refractivity contribution in [1.82, 2.24) is 4.31 Å². The highest BCUT2D eigenvalue weighted by Gasteiger charge is 2.27. The van der Waals surface area contributed by atoms with Gasteiger partial charge in [0.05, 0.1) is 9.82 Å². The minimum Gasteiger partial charge on any atom is -0.258 e. The smallest absolute Gasteiger partial charge is 0.258 e. The maximum Gasteiger partial charge on any atom is 0.269 e. The predicted octanol–water partition coefficient (Wildman–Crippen LogP) is 3.19. The normalized spacial score (nSPS) is 11.8. The van der Waals surface area contributed by atoms with Gasteiger partial charge < -0.3 is 0 Å². The van der Waals surface area contributed by atoms with Crippen molar-refractivity contribution in [2.75, 3.05) is 0 Å². The Morgan fingerprint density at radius 1 is 1.04 bits per heavy atom. The third-order valence-electron chi connectivity index (χ3n) is 3.41. The van der Waals surface area contributed by atoms with E-state index >= 15 is 0 Å². The second-order valence-corrected chi connectivity index (χ2v) is 7.27. The van der Waals surface area contributed by atoms with Crippen molar-refractivity contribution in [3.05, 3.63) is 70.3 Å². The van der Waals surface area contributed by atoms with Gasteiger partial charge in [-0.05, 0) is 31.5 Å². The first-order valence-corrected chi connectivity index (χ1v) is 8.56. The SMILES string of the molecule is CC(C)N(Cc1ccccc1)S(=O)(=O)c1ccc([N+](=O)[O-])cc1. The maximum absolute atomic E-state index is 12.8. The first-order valence-electron chi connectivity index (χ1n) is 7.12. The van der Waals surface area contributed by atoms with Gasteiger partial charge in [-0.1, -0.05) is 30.3 Å². The molecule has 0 saturated carbocycles. The largest absolute Gasteiger partial charge is 0.269 e. The van der Waals surface area contributed by atoms with Crippen LogP contribution < -0.4 is 0 Å². The molecule has 122 valence electrons. The monoisotopic (exact) mass is 334 g/mol. The number of hydrogen-bond donors (Lipinski definition) is 0. The molecule has 23 heavy (non-hydrogen) atoms. The fourth-order valence-electron chi connectivity index (χ4n) is 2.18. The van der Waals surface area contributed by atoms with Crippen LogP contribution in [0.5, 0.6) is 0 Å². The summed E-state index contributed by atoms with van der Waals surface area (Å²) in [6, 6.07) is 14.0. The molecule has 0 fully saturated rings. The highest BCUT2D eigenvalue weighted by Crippen LogP contribution is 2.23. The van der Waals surface area contributed by atoms with Crippen LogP contribution in [-0.2, 0) is 16.6 Å². The van der Waals surface area contributed by atoms with Crippen molar-refractivity contribution >= 4 is 15.7 Å². The van der Waals surface area contributed by atoms with Crippen LogP contribution in [0, 0.1) is 10.1 Å². The van der Waals surface area contributed by atoms with Gasteiger partial charge in [-0.3, -0.25) is 10.1 Å². The zero-order valence-corrected chi connectivity index (χ0v) is 13.7. The van der Waals surface area contributed by atoms with Gasteiger partial charge in [0.1, 0.15) is 0 Å². The van der Waals surface area contributed by atoms with Crippen molar-refractivity contribution in [1.29, 1.82) is 0 Å². The molecule has 7 heteroatoms. The van der Waals surface area contributed by atoms with Crippen molar-refractivity contribution in [3.8, 4) is 0 Å². The molecule has 0 aliphatic carbocycles. The standard InChI is InChI=1S/C16H18N2O4S/c1-13(2)17(12-14-6-4-3-5-7-14)23(21,22)16-10-8-15(9-11-16)18(19)20/h3-11,13H,12H2,1-2H3. The maximum atomic E-state index is 12.8. The minimum atomic E-state index is -3.73. The summed E-state index contributed by atoms with van der Waals surface area (Å²) in [5.41, 5.74) is 0.745. The van der Waals surface area contributed by atoms with Crippen molar-refractivity contribution < 1.29 is 13.3 Å². The van der Waals surface area contributed by atoms with Gasteiger partial charge >= 0.3 is 0 Å². The van der Waals surface area contributed by atoms with E-state index in [4.69, 9.17) is 0 Å². The van der Waals surface area contributed by atoms with Crippen LogP contribution >= 0.6 is 0 Å². The summed E-state index contributed by atoms with van der Waals surface area (Å²) < 4.78 is 27.0. The van der Waals surface area contributed by atoms with Crippen molar-refractivity contribution in [2.45, 2.75) is 31.3 Å². The van der Waals surface area contributed by atoms with Gasteiger partial charge in [0.2, 0.25) is 10.0 Å². The molecule has 0 atom stereocenters. The van der Waals surface area contributed by atoms with E-state index in [1.165, 1.54) is 28.6 Å². The summed E-state index contributed by atoms with van der Waals surface area (Å²) in [4.78, 5) is 10.2. The number of sulfonamides is 1. The van der Waals surface area contributed by atoms with Gasteiger partial charge in [0.25, 0.3) is 5.69 Å². The topological polar surface area (TPSA) is 80.5 Å². The number of benzene rings is 2. The van der Waals surface area contributed by atoms with Crippen LogP contribution in [0.4, 0.5) is 5.69 Å². The van der Waals surface area contributed by atoms with Crippen LogP contribution in [0.15, 0.2) is 59.5 Å². The summed E-state index contributed by atoms with van der Waals surface area (Å²) in [6.07, 6.45) is 0. The fraction of sp³-hybridized carbons (Fsp3) is 0.250. The molecule has 0 bridgehead atoms. The van der Waals surface area contributed by atoms with Gasteiger partial charge in [0.15, 0.2) is 0 Å². The van der Waals surface area contributed by atoms with E-state index in [-0.39, 0.29) is 23.2 Å². The molecule has 0 amide bonds. The minimum absolute atomic E-state index is 0.0488. The third-order valence-corrected chi connectivity index (χ3v) is 5.45. The second kappa shape index (κ2) is 6.89. The number of rotatable bonds is 6. The lowest BCUT2D eigenvalue weighted by molar-refractivity contribution is -0.384. The van der Waals surface area contributed by atoms with Crippen LogP contribution in [0.25, 0.3) is 0 Å². The lowest BCUT2D eigenvalue weighted by Crippen LogP contribution is -2.36.